The van der Waals surface area contributed by atoms with Crippen molar-refractivity contribution in [1.82, 2.24) is 4.37 Å². The molecular formula is C20H21N3O5S. The van der Waals surface area contributed by atoms with Crippen LogP contribution in [-0.2, 0) is 0 Å². The Morgan fingerprint density at radius 1 is 0.931 bits per heavy atom. The van der Waals surface area contributed by atoms with Crippen molar-refractivity contribution >= 4 is 23.3 Å². The lowest BCUT2D eigenvalue weighted by atomic mass is 10.0. The van der Waals surface area contributed by atoms with Gasteiger partial charge in [-0.15, -0.1) is 0 Å². The molecule has 29 heavy (non-hydrogen) atoms. The largest absolute Gasteiger partial charge is 0.495 e. The Balaban J connectivity index is 2.12. The molecule has 0 aliphatic heterocycles. The number of rotatable bonds is 7. The first-order valence-corrected chi connectivity index (χ1v) is 9.29. The molecule has 152 valence electrons. The minimum atomic E-state index is -0.672. The molecule has 0 aliphatic carbocycles. The second kappa shape index (κ2) is 8.70. The Morgan fingerprint density at radius 2 is 1.59 bits per heavy atom. The normalized spacial score (nSPS) is 10.3. The number of nitrogens with one attached hydrogen (secondary N) is 1. The lowest BCUT2D eigenvalue weighted by Crippen LogP contribution is -2.19. The number of hydrogen-bond acceptors (Lipinski definition) is 7. The maximum atomic E-state index is 11.3. The number of nitrogens with two attached hydrogens (primary N) is 1. The van der Waals surface area contributed by atoms with Crippen molar-refractivity contribution in [3.05, 3.63) is 36.5 Å². The molecule has 0 saturated carbocycles. The van der Waals surface area contributed by atoms with Gasteiger partial charge in [0.1, 0.15) is 5.75 Å². The van der Waals surface area contributed by atoms with Gasteiger partial charge in [0.15, 0.2) is 11.5 Å². The number of nitrogens with zero attached hydrogens (tertiary/aromatic N) is 1. The van der Waals surface area contributed by atoms with Gasteiger partial charge in [-0.05, 0) is 41.4 Å². The molecule has 8 nitrogen and oxygen atoms in total. The van der Waals surface area contributed by atoms with Gasteiger partial charge in [-0.1, -0.05) is 6.07 Å². The van der Waals surface area contributed by atoms with E-state index in [0.29, 0.717) is 28.7 Å². The molecule has 0 radical (unpaired) electrons. The minimum Gasteiger partial charge on any atom is -0.495 e. The van der Waals surface area contributed by atoms with Crippen molar-refractivity contribution in [2.75, 3.05) is 33.8 Å². The monoisotopic (exact) mass is 415 g/mol. The molecular weight excluding hydrogens is 394 g/mol. The van der Waals surface area contributed by atoms with E-state index in [9.17, 15) is 4.79 Å². The summed E-state index contributed by atoms with van der Waals surface area (Å²) in [5.41, 5.74) is 8.32. The molecule has 1 heterocycles. The number of urea groups is 1. The molecule has 0 saturated heterocycles. The van der Waals surface area contributed by atoms with Gasteiger partial charge in [-0.25, -0.2) is 4.79 Å². The molecule has 0 bridgehead atoms. The fourth-order valence-electron chi connectivity index (χ4n) is 2.97. The van der Waals surface area contributed by atoms with Gasteiger partial charge >= 0.3 is 6.03 Å². The van der Waals surface area contributed by atoms with Gasteiger partial charge in [-0.3, -0.25) is 0 Å². The van der Waals surface area contributed by atoms with Crippen LogP contribution < -0.4 is 30.0 Å². The topological polar surface area (TPSA) is 105 Å². The second-order valence-electron chi connectivity index (χ2n) is 5.89. The van der Waals surface area contributed by atoms with E-state index in [0.717, 1.165) is 21.6 Å². The Morgan fingerprint density at radius 3 is 2.14 bits per heavy atom. The van der Waals surface area contributed by atoms with Gasteiger partial charge < -0.3 is 30.0 Å². The van der Waals surface area contributed by atoms with Crippen LogP contribution in [0, 0.1) is 0 Å². The van der Waals surface area contributed by atoms with Crippen LogP contribution in [0.3, 0.4) is 0 Å². The SMILES string of the molecule is COc1ccc(-c2cnsc2-c2cc(OC)c(OC)c(OC)c2)cc1NC(N)=O. The molecule has 1 aromatic heterocycles. The highest BCUT2D eigenvalue weighted by molar-refractivity contribution is 7.10. The predicted octanol–water partition coefficient (Wildman–Crippen LogP) is 4.00. The highest BCUT2D eigenvalue weighted by Gasteiger charge is 2.19. The maximum Gasteiger partial charge on any atom is 0.316 e. The standard InChI is InChI=1S/C20H21N3O5S/c1-25-15-6-5-11(7-14(15)23-20(21)24)13-10-22-29-19(13)12-8-16(26-2)18(28-4)17(9-12)27-3/h5-10H,1-4H3,(H3,21,23,24). The van der Waals surface area contributed by atoms with Crippen LogP contribution in [0.5, 0.6) is 23.0 Å². The third kappa shape index (κ3) is 4.04. The molecule has 2 aromatic carbocycles. The predicted molar refractivity (Wildman–Crippen MR) is 112 cm³/mol. The molecule has 0 fully saturated rings. The summed E-state index contributed by atoms with van der Waals surface area (Å²) in [6.45, 7) is 0. The summed E-state index contributed by atoms with van der Waals surface area (Å²) in [5.74, 6) is 2.12. The summed E-state index contributed by atoms with van der Waals surface area (Å²) >= 11 is 1.33. The quantitative estimate of drug-likeness (QED) is 0.604. The molecule has 3 aromatic rings. The van der Waals surface area contributed by atoms with Crippen LogP contribution in [0.2, 0.25) is 0 Å². The number of ether oxygens (including phenoxy) is 4. The number of benzene rings is 2. The third-order valence-electron chi connectivity index (χ3n) is 4.27. The highest BCUT2D eigenvalue weighted by atomic mass is 32.1. The molecule has 3 rings (SSSR count). The molecule has 0 atom stereocenters. The van der Waals surface area contributed by atoms with Gasteiger partial charge in [0.05, 0.1) is 39.0 Å². The first-order valence-electron chi connectivity index (χ1n) is 8.52. The number of carbonyl (C=O) groups excluding carboxylic acids is 1. The molecule has 9 heteroatoms. The fraction of sp³-hybridized carbons (Fsp3) is 0.200. The number of anilines is 1. The van der Waals surface area contributed by atoms with E-state index >= 15 is 0 Å². The summed E-state index contributed by atoms with van der Waals surface area (Å²) in [6, 6.07) is 8.49. The molecule has 0 spiro atoms. The van der Waals surface area contributed by atoms with E-state index in [4.69, 9.17) is 24.7 Å². The van der Waals surface area contributed by atoms with Gasteiger partial charge in [-0.2, -0.15) is 4.37 Å². The van der Waals surface area contributed by atoms with E-state index in [1.165, 1.54) is 18.6 Å². The second-order valence-corrected chi connectivity index (χ2v) is 6.69. The van der Waals surface area contributed by atoms with E-state index in [1.807, 2.05) is 18.2 Å². The zero-order valence-corrected chi connectivity index (χ0v) is 17.3. The van der Waals surface area contributed by atoms with Crippen molar-refractivity contribution < 1.29 is 23.7 Å². The summed E-state index contributed by atoms with van der Waals surface area (Å²) in [6.07, 6.45) is 1.76. The number of amides is 2. The number of hydrogen-bond donors (Lipinski definition) is 2. The smallest absolute Gasteiger partial charge is 0.316 e. The van der Waals surface area contributed by atoms with Crippen molar-refractivity contribution in [3.8, 4) is 44.6 Å². The average Bonchev–Trinajstić information content (AvgIpc) is 3.22. The summed E-state index contributed by atoms with van der Waals surface area (Å²) in [7, 11) is 6.22. The van der Waals surface area contributed by atoms with Crippen LogP contribution in [0.1, 0.15) is 0 Å². The molecule has 2 amide bonds. The highest BCUT2D eigenvalue weighted by Crippen LogP contribution is 2.45. The van der Waals surface area contributed by atoms with Crippen molar-refractivity contribution in [2.24, 2.45) is 5.73 Å². The van der Waals surface area contributed by atoms with Gasteiger partial charge in [0.25, 0.3) is 0 Å². The minimum absolute atomic E-state index is 0.472. The molecule has 0 unspecified atom stereocenters. The zero-order valence-electron chi connectivity index (χ0n) is 16.4. The zero-order chi connectivity index (χ0) is 21.0. The first-order chi connectivity index (χ1) is 14.0. The van der Waals surface area contributed by atoms with Crippen LogP contribution >= 0.6 is 11.5 Å². The summed E-state index contributed by atoms with van der Waals surface area (Å²) in [5, 5.41) is 2.58. The van der Waals surface area contributed by atoms with Crippen LogP contribution in [0.25, 0.3) is 21.6 Å². The number of aromatic nitrogens is 1. The van der Waals surface area contributed by atoms with E-state index in [1.54, 1.807) is 39.7 Å². The fourth-order valence-corrected chi connectivity index (χ4v) is 3.73. The Kier molecular flexibility index (Phi) is 6.08. The molecule has 0 aliphatic rings. The van der Waals surface area contributed by atoms with E-state index in [2.05, 4.69) is 9.69 Å². The Hall–Kier alpha value is -3.46. The maximum absolute atomic E-state index is 11.3. The molecule has 3 N–H and O–H groups in total. The van der Waals surface area contributed by atoms with Crippen LogP contribution in [-0.4, -0.2) is 38.8 Å². The van der Waals surface area contributed by atoms with Crippen molar-refractivity contribution in [3.63, 3.8) is 0 Å². The first kappa shape index (κ1) is 20.3. The van der Waals surface area contributed by atoms with E-state index < -0.39 is 6.03 Å². The van der Waals surface area contributed by atoms with Gasteiger partial charge in [0, 0.05) is 17.3 Å². The number of methoxy groups -OCH3 is 4. The van der Waals surface area contributed by atoms with Crippen LogP contribution in [0.15, 0.2) is 36.5 Å². The van der Waals surface area contributed by atoms with E-state index in [-0.39, 0.29) is 0 Å². The lowest BCUT2D eigenvalue weighted by molar-refractivity contribution is 0.259. The van der Waals surface area contributed by atoms with Crippen LogP contribution in [0.4, 0.5) is 10.5 Å². The lowest BCUT2D eigenvalue weighted by Gasteiger charge is -2.14. The Labute approximate surface area is 172 Å². The average molecular weight is 415 g/mol. The summed E-state index contributed by atoms with van der Waals surface area (Å²) in [4.78, 5) is 12.2. The summed E-state index contributed by atoms with van der Waals surface area (Å²) < 4.78 is 25.9. The van der Waals surface area contributed by atoms with Crippen molar-refractivity contribution in [2.45, 2.75) is 0 Å². The Bertz CT molecular complexity index is 1010. The number of primary amides is 1. The number of carbonyl (C=O) groups is 1. The third-order valence-corrected chi connectivity index (χ3v) is 5.11. The van der Waals surface area contributed by atoms with Gasteiger partial charge in [0.2, 0.25) is 5.75 Å². The van der Waals surface area contributed by atoms with Crippen molar-refractivity contribution in [1.29, 1.82) is 0 Å².